The van der Waals surface area contributed by atoms with Crippen LogP contribution in [0.4, 0.5) is 20.6 Å². The van der Waals surface area contributed by atoms with Crippen LogP contribution in [0.2, 0.25) is 0 Å². The molecule has 0 saturated carbocycles. The first kappa shape index (κ1) is 13.7. The van der Waals surface area contributed by atoms with Crippen LogP contribution in [0, 0.1) is 5.82 Å². The summed E-state index contributed by atoms with van der Waals surface area (Å²) in [5.41, 5.74) is 5.54. The number of urea groups is 1. The largest absolute Gasteiger partial charge is 0.495 e. The van der Waals surface area contributed by atoms with Crippen molar-refractivity contribution in [1.29, 1.82) is 0 Å². The van der Waals surface area contributed by atoms with Crippen molar-refractivity contribution >= 4 is 17.4 Å². The van der Waals surface area contributed by atoms with E-state index in [1.54, 1.807) is 36.4 Å². The Hall–Kier alpha value is -2.76. The molecule has 2 aromatic rings. The number of benzene rings is 2. The molecule has 0 radical (unpaired) electrons. The highest BCUT2D eigenvalue weighted by Gasteiger charge is 2.06. The summed E-state index contributed by atoms with van der Waals surface area (Å²) in [7, 11) is 1.51. The lowest BCUT2D eigenvalue weighted by Gasteiger charge is -2.12. The van der Waals surface area contributed by atoms with Gasteiger partial charge < -0.3 is 10.1 Å². The molecule has 20 heavy (non-hydrogen) atoms. The fraction of sp³-hybridized carbons (Fsp3) is 0.0714. The molecule has 2 aromatic carbocycles. The summed E-state index contributed by atoms with van der Waals surface area (Å²) in [6.45, 7) is 0. The van der Waals surface area contributed by atoms with E-state index in [9.17, 15) is 9.18 Å². The standard InChI is InChI=1S/C14H14FN3O2/c1-20-13-9-5-4-8-12(13)16-14(19)18-17-11-7-3-2-6-10(11)15/h2-9,17H,1H3,(H2,16,18,19). The maximum absolute atomic E-state index is 13.3. The van der Waals surface area contributed by atoms with E-state index in [2.05, 4.69) is 16.2 Å². The monoisotopic (exact) mass is 275 g/mol. The number of hydrogen-bond acceptors (Lipinski definition) is 3. The van der Waals surface area contributed by atoms with E-state index in [0.29, 0.717) is 11.4 Å². The van der Waals surface area contributed by atoms with Crippen LogP contribution in [0.15, 0.2) is 48.5 Å². The highest BCUT2D eigenvalue weighted by atomic mass is 19.1. The molecule has 2 rings (SSSR count). The van der Waals surface area contributed by atoms with Gasteiger partial charge in [0.25, 0.3) is 0 Å². The van der Waals surface area contributed by atoms with E-state index in [1.807, 2.05) is 0 Å². The normalized spacial score (nSPS) is 9.70. The maximum atomic E-state index is 13.3. The number of para-hydroxylation sites is 3. The molecule has 0 aromatic heterocycles. The SMILES string of the molecule is COc1ccccc1NC(=O)NNc1ccccc1F. The van der Waals surface area contributed by atoms with Crippen molar-refractivity contribution in [3.8, 4) is 5.75 Å². The zero-order valence-corrected chi connectivity index (χ0v) is 10.8. The van der Waals surface area contributed by atoms with Crippen molar-refractivity contribution in [3.05, 3.63) is 54.3 Å². The number of carbonyl (C=O) groups excluding carboxylic acids is 1. The fourth-order valence-electron chi connectivity index (χ4n) is 1.59. The van der Waals surface area contributed by atoms with Gasteiger partial charge in [-0.05, 0) is 24.3 Å². The lowest BCUT2D eigenvalue weighted by Crippen LogP contribution is -2.34. The maximum Gasteiger partial charge on any atom is 0.337 e. The molecule has 2 amide bonds. The number of hydrogen-bond donors (Lipinski definition) is 3. The molecule has 0 fully saturated rings. The number of rotatable bonds is 4. The van der Waals surface area contributed by atoms with E-state index in [-0.39, 0.29) is 5.69 Å². The lowest BCUT2D eigenvalue weighted by atomic mass is 10.3. The van der Waals surface area contributed by atoms with Crippen LogP contribution in [0.1, 0.15) is 0 Å². The highest BCUT2D eigenvalue weighted by Crippen LogP contribution is 2.22. The number of nitrogens with one attached hydrogen (secondary N) is 3. The quantitative estimate of drug-likeness (QED) is 0.752. The van der Waals surface area contributed by atoms with Crippen LogP contribution in [-0.2, 0) is 0 Å². The van der Waals surface area contributed by atoms with Crippen molar-refractivity contribution in [2.24, 2.45) is 0 Å². The molecule has 0 aliphatic carbocycles. The van der Waals surface area contributed by atoms with Crippen molar-refractivity contribution in [3.63, 3.8) is 0 Å². The molecule has 0 aliphatic heterocycles. The number of amides is 2. The van der Waals surface area contributed by atoms with Crippen LogP contribution in [0.3, 0.4) is 0 Å². The van der Waals surface area contributed by atoms with Gasteiger partial charge in [0.1, 0.15) is 11.6 Å². The topological polar surface area (TPSA) is 62.4 Å². The Kier molecular flexibility index (Phi) is 4.39. The van der Waals surface area contributed by atoms with Gasteiger partial charge in [-0.3, -0.25) is 10.9 Å². The molecular formula is C14H14FN3O2. The first-order chi connectivity index (χ1) is 9.70. The molecule has 6 heteroatoms. The molecule has 0 spiro atoms. The van der Waals surface area contributed by atoms with Gasteiger partial charge in [0.15, 0.2) is 0 Å². The smallest absolute Gasteiger partial charge is 0.337 e. The van der Waals surface area contributed by atoms with Crippen molar-refractivity contribution in [2.75, 3.05) is 17.9 Å². The summed E-state index contributed by atoms with van der Waals surface area (Å²) in [5, 5.41) is 2.59. The molecule has 0 unspecified atom stereocenters. The predicted molar refractivity (Wildman–Crippen MR) is 75.2 cm³/mol. The van der Waals surface area contributed by atoms with Gasteiger partial charge in [0.05, 0.1) is 18.5 Å². The zero-order chi connectivity index (χ0) is 14.4. The number of halogens is 1. The Balaban J connectivity index is 1.95. The van der Waals surface area contributed by atoms with Gasteiger partial charge in [-0.25, -0.2) is 9.18 Å². The van der Waals surface area contributed by atoms with Gasteiger partial charge in [-0.15, -0.1) is 0 Å². The molecule has 0 aliphatic rings. The van der Waals surface area contributed by atoms with Gasteiger partial charge in [0, 0.05) is 0 Å². The van der Waals surface area contributed by atoms with Gasteiger partial charge >= 0.3 is 6.03 Å². The van der Waals surface area contributed by atoms with E-state index >= 15 is 0 Å². The summed E-state index contributed by atoms with van der Waals surface area (Å²) in [5.74, 6) is 0.0821. The lowest BCUT2D eigenvalue weighted by molar-refractivity contribution is 0.253. The van der Waals surface area contributed by atoms with E-state index < -0.39 is 11.8 Å². The van der Waals surface area contributed by atoms with Gasteiger partial charge in [-0.2, -0.15) is 0 Å². The second-order valence-electron chi connectivity index (χ2n) is 3.88. The van der Waals surface area contributed by atoms with Crippen LogP contribution < -0.4 is 20.9 Å². The number of ether oxygens (including phenoxy) is 1. The van der Waals surface area contributed by atoms with E-state index in [0.717, 1.165) is 0 Å². The van der Waals surface area contributed by atoms with Gasteiger partial charge in [-0.1, -0.05) is 24.3 Å². The van der Waals surface area contributed by atoms with Crippen LogP contribution >= 0.6 is 0 Å². The molecule has 0 bridgehead atoms. The molecule has 5 nitrogen and oxygen atoms in total. The Labute approximate surface area is 115 Å². The molecule has 0 saturated heterocycles. The van der Waals surface area contributed by atoms with Crippen LogP contribution in [-0.4, -0.2) is 13.1 Å². The number of hydrazine groups is 1. The summed E-state index contributed by atoms with van der Waals surface area (Å²) >= 11 is 0. The first-order valence-corrected chi connectivity index (χ1v) is 5.91. The zero-order valence-electron chi connectivity index (χ0n) is 10.8. The third-order valence-electron chi connectivity index (χ3n) is 2.54. The summed E-state index contributed by atoms with van der Waals surface area (Å²) in [6.07, 6.45) is 0. The Morgan fingerprint density at radius 2 is 1.70 bits per heavy atom. The minimum Gasteiger partial charge on any atom is -0.495 e. The first-order valence-electron chi connectivity index (χ1n) is 5.91. The number of anilines is 2. The summed E-state index contributed by atoms with van der Waals surface area (Å²) < 4.78 is 18.4. The third kappa shape index (κ3) is 3.38. The Morgan fingerprint density at radius 1 is 1.05 bits per heavy atom. The summed E-state index contributed by atoms with van der Waals surface area (Å²) in [6, 6.07) is 12.5. The van der Waals surface area contributed by atoms with Crippen molar-refractivity contribution in [2.45, 2.75) is 0 Å². The number of methoxy groups -OCH3 is 1. The van der Waals surface area contributed by atoms with E-state index in [4.69, 9.17) is 4.74 Å². The number of carbonyl (C=O) groups is 1. The highest BCUT2D eigenvalue weighted by molar-refractivity contribution is 5.91. The second-order valence-corrected chi connectivity index (χ2v) is 3.88. The molecule has 0 heterocycles. The predicted octanol–water partition coefficient (Wildman–Crippen LogP) is 2.98. The third-order valence-corrected chi connectivity index (χ3v) is 2.54. The average molecular weight is 275 g/mol. The molecule has 3 N–H and O–H groups in total. The van der Waals surface area contributed by atoms with Crippen molar-refractivity contribution in [1.82, 2.24) is 5.43 Å². The molecule has 0 atom stereocenters. The Morgan fingerprint density at radius 3 is 2.40 bits per heavy atom. The van der Waals surface area contributed by atoms with Crippen LogP contribution in [0.25, 0.3) is 0 Å². The Bertz CT molecular complexity index is 604. The minimum absolute atomic E-state index is 0.183. The molecule has 104 valence electrons. The molecular weight excluding hydrogens is 261 g/mol. The van der Waals surface area contributed by atoms with Gasteiger partial charge in [0.2, 0.25) is 0 Å². The minimum atomic E-state index is -0.530. The average Bonchev–Trinajstić information content (AvgIpc) is 2.47. The fourth-order valence-corrected chi connectivity index (χ4v) is 1.59. The summed E-state index contributed by atoms with van der Waals surface area (Å²) in [4.78, 5) is 11.7. The second kappa shape index (κ2) is 6.42. The van der Waals surface area contributed by atoms with E-state index in [1.165, 1.54) is 19.2 Å². The van der Waals surface area contributed by atoms with Crippen LogP contribution in [0.5, 0.6) is 5.75 Å². The van der Waals surface area contributed by atoms with Crippen molar-refractivity contribution < 1.29 is 13.9 Å².